The van der Waals surface area contributed by atoms with Gasteiger partial charge in [-0.25, -0.2) is 0 Å². The Balaban J connectivity index is 1.87. The summed E-state index contributed by atoms with van der Waals surface area (Å²) in [5.74, 6) is 2.01. The summed E-state index contributed by atoms with van der Waals surface area (Å²) in [4.78, 5) is 0. The first-order chi connectivity index (χ1) is 9.24. The Morgan fingerprint density at radius 2 is 2.16 bits per heavy atom. The SMILES string of the molecule is COc1ccc(Br)cc1CNCC1CCCC1CO. The Kier molecular flexibility index (Phi) is 5.67. The van der Waals surface area contributed by atoms with Gasteiger partial charge in [0.05, 0.1) is 7.11 Å². The number of aliphatic hydroxyl groups is 1. The van der Waals surface area contributed by atoms with Crippen LogP contribution >= 0.6 is 15.9 Å². The van der Waals surface area contributed by atoms with E-state index in [4.69, 9.17) is 4.74 Å². The van der Waals surface area contributed by atoms with Crippen molar-refractivity contribution in [1.29, 1.82) is 0 Å². The molecule has 0 amide bonds. The van der Waals surface area contributed by atoms with Gasteiger partial charge >= 0.3 is 0 Å². The van der Waals surface area contributed by atoms with E-state index in [1.165, 1.54) is 19.3 Å². The van der Waals surface area contributed by atoms with Crippen LogP contribution in [0, 0.1) is 11.8 Å². The molecule has 1 aliphatic rings. The smallest absolute Gasteiger partial charge is 0.123 e. The van der Waals surface area contributed by atoms with Crippen LogP contribution in [0.25, 0.3) is 0 Å². The molecule has 4 heteroatoms. The van der Waals surface area contributed by atoms with Crippen LogP contribution in [0.2, 0.25) is 0 Å². The quantitative estimate of drug-likeness (QED) is 0.844. The molecule has 0 spiro atoms. The van der Waals surface area contributed by atoms with Gasteiger partial charge in [-0.05, 0) is 49.4 Å². The van der Waals surface area contributed by atoms with E-state index in [1.807, 2.05) is 12.1 Å². The zero-order valence-electron chi connectivity index (χ0n) is 11.4. The number of ether oxygens (including phenoxy) is 1. The van der Waals surface area contributed by atoms with Gasteiger partial charge in [0.1, 0.15) is 5.75 Å². The molecular weight excluding hydrogens is 306 g/mol. The van der Waals surface area contributed by atoms with Gasteiger partial charge in [0.15, 0.2) is 0 Å². The van der Waals surface area contributed by atoms with Crippen LogP contribution in [0.15, 0.2) is 22.7 Å². The third-order valence-corrected chi connectivity index (χ3v) is 4.51. The molecule has 2 N–H and O–H groups in total. The summed E-state index contributed by atoms with van der Waals surface area (Å²) in [6, 6.07) is 6.05. The molecule has 3 nitrogen and oxygen atoms in total. The predicted molar refractivity (Wildman–Crippen MR) is 80.3 cm³/mol. The van der Waals surface area contributed by atoms with Crippen LogP contribution in [-0.4, -0.2) is 25.4 Å². The van der Waals surface area contributed by atoms with E-state index in [0.717, 1.165) is 28.9 Å². The second-order valence-corrected chi connectivity index (χ2v) is 6.14. The van der Waals surface area contributed by atoms with Gasteiger partial charge in [0.2, 0.25) is 0 Å². The molecule has 19 heavy (non-hydrogen) atoms. The van der Waals surface area contributed by atoms with Gasteiger partial charge in [-0.15, -0.1) is 0 Å². The highest BCUT2D eigenvalue weighted by Crippen LogP contribution is 2.31. The van der Waals surface area contributed by atoms with Crippen molar-refractivity contribution in [3.63, 3.8) is 0 Å². The lowest BCUT2D eigenvalue weighted by molar-refractivity contribution is 0.192. The highest BCUT2D eigenvalue weighted by Gasteiger charge is 2.25. The zero-order chi connectivity index (χ0) is 13.7. The summed E-state index contributed by atoms with van der Waals surface area (Å²) in [5, 5.41) is 12.8. The minimum atomic E-state index is 0.326. The zero-order valence-corrected chi connectivity index (χ0v) is 12.9. The van der Waals surface area contributed by atoms with Gasteiger partial charge in [-0.3, -0.25) is 0 Å². The lowest BCUT2D eigenvalue weighted by Gasteiger charge is -2.18. The topological polar surface area (TPSA) is 41.5 Å². The number of benzene rings is 1. The fourth-order valence-electron chi connectivity index (χ4n) is 2.90. The first-order valence-corrected chi connectivity index (χ1v) is 7.68. The van der Waals surface area contributed by atoms with Crippen molar-refractivity contribution in [3.8, 4) is 5.75 Å². The summed E-state index contributed by atoms with van der Waals surface area (Å²) in [6.45, 7) is 2.10. The minimum Gasteiger partial charge on any atom is -0.496 e. The maximum Gasteiger partial charge on any atom is 0.123 e. The molecule has 1 saturated carbocycles. The van der Waals surface area contributed by atoms with E-state index in [2.05, 4.69) is 27.3 Å². The Hall–Kier alpha value is -0.580. The molecule has 0 bridgehead atoms. The van der Waals surface area contributed by atoms with E-state index in [0.29, 0.717) is 18.4 Å². The molecule has 1 aromatic rings. The first-order valence-electron chi connectivity index (χ1n) is 6.88. The molecule has 106 valence electrons. The van der Waals surface area contributed by atoms with E-state index >= 15 is 0 Å². The number of rotatable bonds is 6. The van der Waals surface area contributed by atoms with Crippen LogP contribution in [0.5, 0.6) is 5.75 Å². The fraction of sp³-hybridized carbons (Fsp3) is 0.600. The maximum atomic E-state index is 9.32. The molecular formula is C15H22BrNO2. The highest BCUT2D eigenvalue weighted by molar-refractivity contribution is 9.10. The third kappa shape index (κ3) is 3.94. The monoisotopic (exact) mass is 327 g/mol. The molecule has 2 atom stereocenters. The van der Waals surface area contributed by atoms with Crippen LogP contribution in [0.4, 0.5) is 0 Å². The second-order valence-electron chi connectivity index (χ2n) is 5.22. The lowest BCUT2D eigenvalue weighted by Crippen LogP contribution is -2.26. The van der Waals surface area contributed by atoms with E-state index in [9.17, 15) is 5.11 Å². The molecule has 1 fully saturated rings. The summed E-state index contributed by atoms with van der Waals surface area (Å²) in [7, 11) is 1.70. The van der Waals surface area contributed by atoms with Gasteiger partial charge in [0.25, 0.3) is 0 Å². The van der Waals surface area contributed by atoms with Crippen molar-refractivity contribution in [2.24, 2.45) is 11.8 Å². The minimum absolute atomic E-state index is 0.326. The number of nitrogens with one attached hydrogen (secondary N) is 1. The van der Waals surface area contributed by atoms with E-state index in [-0.39, 0.29) is 0 Å². The van der Waals surface area contributed by atoms with Gasteiger partial charge in [-0.2, -0.15) is 0 Å². The molecule has 1 aliphatic carbocycles. The Bertz CT molecular complexity index is 411. The normalized spacial score (nSPS) is 22.7. The number of hydrogen-bond acceptors (Lipinski definition) is 3. The van der Waals surface area contributed by atoms with E-state index in [1.54, 1.807) is 7.11 Å². The van der Waals surface area contributed by atoms with Gasteiger partial charge < -0.3 is 15.2 Å². The van der Waals surface area contributed by atoms with Crippen molar-refractivity contribution in [2.45, 2.75) is 25.8 Å². The number of aliphatic hydroxyl groups excluding tert-OH is 1. The Morgan fingerprint density at radius 1 is 1.37 bits per heavy atom. The molecule has 2 unspecified atom stereocenters. The number of hydrogen-bond donors (Lipinski definition) is 2. The number of methoxy groups -OCH3 is 1. The van der Waals surface area contributed by atoms with Crippen LogP contribution < -0.4 is 10.1 Å². The lowest BCUT2D eigenvalue weighted by atomic mass is 9.97. The number of halogens is 1. The van der Waals surface area contributed by atoms with Gasteiger partial charge in [0, 0.05) is 23.2 Å². The van der Waals surface area contributed by atoms with Crippen molar-refractivity contribution >= 4 is 15.9 Å². The molecule has 1 aromatic carbocycles. The predicted octanol–water partition coefficient (Wildman–Crippen LogP) is 2.96. The molecule has 0 aliphatic heterocycles. The van der Waals surface area contributed by atoms with E-state index < -0.39 is 0 Å². The van der Waals surface area contributed by atoms with Crippen LogP contribution in [0.1, 0.15) is 24.8 Å². The standard InChI is InChI=1S/C15H22BrNO2/c1-19-15-6-5-14(16)7-13(15)9-17-8-11-3-2-4-12(11)10-18/h5-7,11-12,17-18H,2-4,8-10H2,1H3. The summed E-state index contributed by atoms with van der Waals surface area (Å²) in [6.07, 6.45) is 3.65. The molecule has 0 heterocycles. The summed E-state index contributed by atoms with van der Waals surface area (Å²) < 4.78 is 6.43. The first kappa shape index (κ1) is 14.8. The Labute approximate surface area is 123 Å². The molecule has 2 rings (SSSR count). The summed E-state index contributed by atoms with van der Waals surface area (Å²) >= 11 is 3.49. The molecule has 0 aromatic heterocycles. The molecule has 0 radical (unpaired) electrons. The van der Waals surface area contributed by atoms with Crippen LogP contribution in [-0.2, 0) is 6.54 Å². The Morgan fingerprint density at radius 3 is 2.89 bits per heavy atom. The van der Waals surface area contributed by atoms with Gasteiger partial charge in [-0.1, -0.05) is 22.4 Å². The average molecular weight is 328 g/mol. The third-order valence-electron chi connectivity index (χ3n) is 4.02. The van der Waals surface area contributed by atoms with Crippen molar-refractivity contribution in [2.75, 3.05) is 20.3 Å². The maximum absolute atomic E-state index is 9.32. The highest BCUT2D eigenvalue weighted by atomic mass is 79.9. The summed E-state index contributed by atoms with van der Waals surface area (Å²) in [5.41, 5.74) is 1.16. The van der Waals surface area contributed by atoms with Crippen molar-refractivity contribution in [1.82, 2.24) is 5.32 Å². The van der Waals surface area contributed by atoms with Crippen molar-refractivity contribution in [3.05, 3.63) is 28.2 Å². The van der Waals surface area contributed by atoms with Crippen molar-refractivity contribution < 1.29 is 9.84 Å². The average Bonchev–Trinajstić information content (AvgIpc) is 2.86. The fourth-order valence-corrected chi connectivity index (χ4v) is 3.31. The van der Waals surface area contributed by atoms with Crippen LogP contribution in [0.3, 0.4) is 0 Å². The largest absolute Gasteiger partial charge is 0.496 e. The second kappa shape index (κ2) is 7.27. The molecule has 0 saturated heterocycles.